The molecule has 4 rings (SSSR count). The molecule has 0 unspecified atom stereocenters. The Labute approximate surface area is 260 Å². The lowest BCUT2D eigenvalue weighted by molar-refractivity contribution is -0.136. The number of amides is 3. The topological polar surface area (TPSA) is 144 Å². The number of nitrogens with one attached hydrogen (secondary N) is 3. The van der Waals surface area contributed by atoms with Gasteiger partial charge in [0.15, 0.2) is 11.5 Å². The number of ether oxygens (including phenoxy) is 3. The smallest absolute Gasteiger partial charge is 0.343 e. The summed E-state index contributed by atoms with van der Waals surface area (Å²) in [5.41, 5.74) is 3.88. The number of rotatable bonds is 12. The van der Waals surface area contributed by atoms with Crippen molar-refractivity contribution in [1.29, 1.82) is 0 Å². The van der Waals surface area contributed by atoms with Gasteiger partial charge in [0.05, 0.1) is 36.7 Å². The summed E-state index contributed by atoms with van der Waals surface area (Å²) in [4.78, 5) is 50.3. The molecule has 4 aromatic rings. The Bertz CT molecular complexity index is 1670. The average molecular weight is 609 g/mol. The molecule has 3 amide bonds. The van der Waals surface area contributed by atoms with Gasteiger partial charge in [-0.1, -0.05) is 43.7 Å². The van der Waals surface area contributed by atoms with E-state index in [-0.39, 0.29) is 22.7 Å². The van der Waals surface area contributed by atoms with Crippen LogP contribution in [0.1, 0.15) is 46.0 Å². The van der Waals surface area contributed by atoms with Crippen LogP contribution < -0.4 is 30.3 Å². The summed E-state index contributed by atoms with van der Waals surface area (Å²) in [5, 5.41) is 9.00. The third-order valence-electron chi connectivity index (χ3n) is 6.28. The zero-order valence-electron chi connectivity index (χ0n) is 24.7. The molecular formula is C34H32N4O7. The van der Waals surface area contributed by atoms with Crippen LogP contribution in [0.25, 0.3) is 0 Å². The van der Waals surface area contributed by atoms with Gasteiger partial charge in [0, 0.05) is 5.69 Å². The first-order chi connectivity index (χ1) is 21.9. The van der Waals surface area contributed by atoms with E-state index in [1.54, 1.807) is 72.8 Å². The first-order valence-electron chi connectivity index (χ1n) is 14.1. The number of hydrazone groups is 1. The van der Waals surface area contributed by atoms with Crippen molar-refractivity contribution in [3.05, 3.63) is 114 Å². The molecule has 0 bridgehead atoms. The highest BCUT2D eigenvalue weighted by Crippen LogP contribution is 2.28. The van der Waals surface area contributed by atoms with Crippen LogP contribution in [-0.4, -0.2) is 43.6 Å². The highest BCUT2D eigenvalue weighted by atomic mass is 16.6. The number of carbonyl (C=O) groups is 4. The molecule has 0 spiro atoms. The Morgan fingerprint density at radius 3 is 2.27 bits per heavy atom. The molecule has 230 valence electrons. The number of methoxy groups -OCH3 is 1. The number of nitrogens with zero attached hydrogens (tertiary/aromatic N) is 1. The minimum absolute atomic E-state index is 0.154. The number of para-hydroxylation sites is 2. The van der Waals surface area contributed by atoms with Gasteiger partial charge >= 0.3 is 17.8 Å². The van der Waals surface area contributed by atoms with E-state index in [1.807, 2.05) is 6.07 Å². The lowest BCUT2D eigenvalue weighted by Crippen LogP contribution is -2.33. The molecule has 0 saturated heterocycles. The maximum atomic E-state index is 12.7. The summed E-state index contributed by atoms with van der Waals surface area (Å²) < 4.78 is 16.5. The number of esters is 1. The Morgan fingerprint density at radius 1 is 0.800 bits per heavy atom. The van der Waals surface area contributed by atoms with Gasteiger partial charge in [-0.2, -0.15) is 5.10 Å². The molecular weight excluding hydrogens is 576 g/mol. The summed E-state index contributed by atoms with van der Waals surface area (Å²) in [5.74, 6) is -2.00. The standard InChI is InChI=1S/C34H32N4O7/c1-3-4-20-44-26-17-15-24(16-18-26)34(42)45-29-19-14-23(21-30(29)43-2)22-35-38-33(41)32(40)37-28-13-9-8-12-27(28)31(39)36-25-10-6-5-7-11-25/h5-19,21-22H,3-4,20H2,1-2H3,(H,36,39)(H,37,40)(H,38,41)/b35-22-. The summed E-state index contributed by atoms with van der Waals surface area (Å²) in [6, 6.07) is 26.4. The molecule has 11 heteroatoms. The molecule has 0 aliphatic heterocycles. The Balaban J connectivity index is 1.32. The molecule has 0 saturated carbocycles. The molecule has 0 aromatic heterocycles. The van der Waals surface area contributed by atoms with Crippen LogP contribution in [0.2, 0.25) is 0 Å². The van der Waals surface area contributed by atoms with Crippen molar-refractivity contribution in [2.24, 2.45) is 5.10 Å². The van der Waals surface area contributed by atoms with Crippen molar-refractivity contribution in [2.45, 2.75) is 19.8 Å². The monoisotopic (exact) mass is 608 g/mol. The van der Waals surface area contributed by atoms with Crippen molar-refractivity contribution < 1.29 is 33.4 Å². The largest absolute Gasteiger partial charge is 0.494 e. The first kappa shape index (κ1) is 32.0. The Kier molecular flexibility index (Phi) is 11.4. The predicted molar refractivity (Wildman–Crippen MR) is 170 cm³/mol. The zero-order valence-corrected chi connectivity index (χ0v) is 24.7. The Hall–Kier alpha value is -5.97. The molecule has 0 aliphatic rings. The fraction of sp³-hybridized carbons (Fsp3) is 0.147. The van der Waals surface area contributed by atoms with E-state index in [9.17, 15) is 19.2 Å². The maximum absolute atomic E-state index is 12.7. The molecule has 3 N–H and O–H groups in total. The van der Waals surface area contributed by atoms with E-state index >= 15 is 0 Å². The molecule has 11 nitrogen and oxygen atoms in total. The van der Waals surface area contributed by atoms with Gasteiger partial charge in [-0.25, -0.2) is 10.2 Å². The molecule has 0 heterocycles. The quantitative estimate of drug-likeness (QED) is 0.0486. The summed E-state index contributed by atoms with van der Waals surface area (Å²) in [7, 11) is 1.42. The van der Waals surface area contributed by atoms with E-state index in [0.717, 1.165) is 12.8 Å². The van der Waals surface area contributed by atoms with Crippen molar-refractivity contribution >= 4 is 41.3 Å². The maximum Gasteiger partial charge on any atom is 0.343 e. The fourth-order valence-electron chi connectivity index (χ4n) is 3.93. The number of benzene rings is 4. The van der Waals surface area contributed by atoms with Crippen LogP contribution in [0.15, 0.2) is 102 Å². The van der Waals surface area contributed by atoms with E-state index < -0.39 is 23.7 Å². The number of hydrogen-bond acceptors (Lipinski definition) is 8. The van der Waals surface area contributed by atoms with Gasteiger partial charge in [0.2, 0.25) is 0 Å². The number of anilines is 2. The molecule has 0 atom stereocenters. The summed E-state index contributed by atoms with van der Waals surface area (Å²) >= 11 is 0. The molecule has 0 radical (unpaired) electrons. The van der Waals surface area contributed by atoms with Crippen molar-refractivity contribution in [3.8, 4) is 17.2 Å². The number of carbonyl (C=O) groups excluding carboxylic acids is 4. The van der Waals surface area contributed by atoms with E-state index in [4.69, 9.17) is 14.2 Å². The third-order valence-corrected chi connectivity index (χ3v) is 6.28. The molecule has 45 heavy (non-hydrogen) atoms. The summed E-state index contributed by atoms with van der Waals surface area (Å²) in [6.45, 7) is 2.68. The van der Waals surface area contributed by atoms with Gasteiger partial charge < -0.3 is 24.8 Å². The van der Waals surface area contributed by atoms with E-state index in [1.165, 1.54) is 31.5 Å². The normalized spacial score (nSPS) is 10.5. The number of hydrogen-bond donors (Lipinski definition) is 3. The zero-order chi connectivity index (χ0) is 32.0. The molecule has 0 fully saturated rings. The second-order valence-corrected chi connectivity index (χ2v) is 9.55. The van der Waals surface area contributed by atoms with E-state index in [0.29, 0.717) is 29.2 Å². The minimum atomic E-state index is -1.05. The lowest BCUT2D eigenvalue weighted by Gasteiger charge is -2.11. The predicted octanol–water partition coefficient (Wildman–Crippen LogP) is 5.43. The highest BCUT2D eigenvalue weighted by Gasteiger charge is 2.18. The highest BCUT2D eigenvalue weighted by molar-refractivity contribution is 6.40. The second kappa shape index (κ2) is 16.0. The van der Waals surface area contributed by atoms with Crippen LogP contribution in [0.4, 0.5) is 11.4 Å². The van der Waals surface area contributed by atoms with Gasteiger partial charge in [-0.05, 0) is 78.7 Å². The third kappa shape index (κ3) is 9.26. The van der Waals surface area contributed by atoms with Gasteiger partial charge in [0.25, 0.3) is 5.91 Å². The van der Waals surface area contributed by atoms with Crippen LogP contribution >= 0.6 is 0 Å². The van der Waals surface area contributed by atoms with Crippen LogP contribution in [0.5, 0.6) is 17.2 Å². The van der Waals surface area contributed by atoms with Crippen LogP contribution in [-0.2, 0) is 9.59 Å². The van der Waals surface area contributed by atoms with Gasteiger partial charge in [-0.15, -0.1) is 0 Å². The minimum Gasteiger partial charge on any atom is -0.494 e. The fourth-order valence-corrected chi connectivity index (χ4v) is 3.93. The second-order valence-electron chi connectivity index (χ2n) is 9.55. The van der Waals surface area contributed by atoms with Crippen LogP contribution in [0.3, 0.4) is 0 Å². The van der Waals surface area contributed by atoms with E-state index in [2.05, 4.69) is 28.1 Å². The SMILES string of the molecule is CCCCOc1ccc(C(=O)Oc2ccc(/C=N\NC(=O)C(=O)Nc3ccccc3C(=O)Nc3ccccc3)cc2OC)cc1. The van der Waals surface area contributed by atoms with Crippen molar-refractivity contribution in [2.75, 3.05) is 24.4 Å². The van der Waals surface area contributed by atoms with Crippen molar-refractivity contribution in [1.82, 2.24) is 5.43 Å². The summed E-state index contributed by atoms with van der Waals surface area (Å²) in [6.07, 6.45) is 3.26. The Morgan fingerprint density at radius 2 is 1.53 bits per heavy atom. The van der Waals surface area contributed by atoms with Crippen molar-refractivity contribution in [3.63, 3.8) is 0 Å². The average Bonchev–Trinajstić information content (AvgIpc) is 3.06. The number of unbranched alkanes of at least 4 members (excludes halogenated alkanes) is 1. The molecule has 0 aliphatic carbocycles. The van der Waals surface area contributed by atoms with Gasteiger partial charge in [0.1, 0.15) is 5.75 Å². The first-order valence-corrected chi connectivity index (χ1v) is 14.1. The molecule has 4 aromatic carbocycles. The lowest BCUT2D eigenvalue weighted by atomic mass is 10.1. The van der Waals surface area contributed by atoms with Gasteiger partial charge in [-0.3, -0.25) is 14.4 Å². The van der Waals surface area contributed by atoms with Crippen LogP contribution in [0, 0.1) is 0 Å².